The van der Waals surface area contributed by atoms with Crippen molar-refractivity contribution in [3.63, 3.8) is 0 Å². The van der Waals surface area contributed by atoms with E-state index in [0.717, 1.165) is 36.2 Å². The lowest BCUT2D eigenvalue weighted by Crippen LogP contribution is -2.12. The lowest BCUT2D eigenvalue weighted by atomic mass is 9.97. The molecule has 3 aromatic heterocycles. The normalized spacial score (nSPS) is 13.2. The molecule has 0 spiro atoms. The number of benzene rings is 1. The minimum Gasteiger partial charge on any atom is -0.345 e. The van der Waals surface area contributed by atoms with Gasteiger partial charge in [-0.25, -0.2) is 9.67 Å². The van der Waals surface area contributed by atoms with Crippen LogP contribution in [-0.4, -0.2) is 30.2 Å². The molecule has 0 amide bonds. The van der Waals surface area contributed by atoms with Crippen LogP contribution in [0.25, 0.3) is 11.0 Å². The number of allylic oxidation sites excluding steroid dienone is 4. The molecule has 1 N–H and O–H groups in total. The molecule has 7 heteroatoms. The van der Waals surface area contributed by atoms with Crippen molar-refractivity contribution in [1.82, 2.24) is 30.2 Å². The Bertz CT molecular complexity index is 1070. The zero-order valence-corrected chi connectivity index (χ0v) is 16.5. The summed E-state index contributed by atoms with van der Waals surface area (Å²) in [5, 5.41) is 14.6. The summed E-state index contributed by atoms with van der Waals surface area (Å²) < 4.78 is 1.93. The van der Waals surface area contributed by atoms with E-state index in [4.69, 9.17) is 0 Å². The topological polar surface area (TPSA) is 72.3 Å². The molecule has 0 aliphatic heterocycles. The molecule has 142 valence electrons. The van der Waals surface area contributed by atoms with Crippen molar-refractivity contribution in [2.75, 3.05) is 0 Å². The summed E-state index contributed by atoms with van der Waals surface area (Å²) in [5.74, 6) is 0.983. The predicted molar refractivity (Wildman–Crippen MR) is 112 cm³/mol. The SMILES string of the molecule is C/C=C/C=C/C(Cc1ccc2nc[nH]c2c1)c1nnnn1CCc1cccs1. The number of tetrazole rings is 1. The number of aromatic nitrogens is 6. The third kappa shape index (κ3) is 4.26. The number of rotatable bonds is 8. The number of imidazole rings is 1. The van der Waals surface area contributed by atoms with Crippen LogP contribution in [0.4, 0.5) is 0 Å². The summed E-state index contributed by atoms with van der Waals surface area (Å²) in [6, 6.07) is 10.6. The monoisotopic (exact) mass is 390 g/mol. The summed E-state index contributed by atoms with van der Waals surface area (Å²) in [6.45, 7) is 2.78. The first-order chi connectivity index (χ1) is 13.8. The molecule has 0 bridgehead atoms. The van der Waals surface area contributed by atoms with Crippen molar-refractivity contribution in [1.29, 1.82) is 0 Å². The molecular formula is C21H22N6S. The molecule has 0 fully saturated rings. The molecule has 1 unspecified atom stereocenters. The lowest BCUT2D eigenvalue weighted by Gasteiger charge is -2.13. The highest BCUT2D eigenvalue weighted by atomic mass is 32.1. The van der Waals surface area contributed by atoms with Gasteiger partial charge in [-0.05, 0) is 52.9 Å². The second-order valence-corrected chi connectivity index (χ2v) is 7.60. The van der Waals surface area contributed by atoms with Crippen molar-refractivity contribution in [3.05, 3.63) is 82.6 Å². The zero-order valence-electron chi connectivity index (χ0n) is 15.7. The number of nitrogens with zero attached hydrogens (tertiary/aromatic N) is 5. The van der Waals surface area contributed by atoms with Crippen LogP contribution in [-0.2, 0) is 19.4 Å². The number of aromatic amines is 1. The predicted octanol–water partition coefficient (Wildman–Crippen LogP) is 4.31. The number of H-pyrrole nitrogens is 1. The Morgan fingerprint density at radius 1 is 1.25 bits per heavy atom. The van der Waals surface area contributed by atoms with E-state index in [1.165, 1.54) is 10.4 Å². The summed E-state index contributed by atoms with van der Waals surface area (Å²) in [6.07, 6.45) is 11.8. The molecule has 0 saturated heterocycles. The molecule has 0 aliphatic rings. The second kappa shape index (κ2) is 8.75. The van der Waals surface area contributed by atoms with Gasteiger partial charge in [-0.1, -0.05) is 36.4 Å². The maximum atomic E-state index is 4.35. The van der Waals surface area contributed by atoms with E-state index in [1.807, 2.05) is 29.8 Å². The fraction of sp³-hybridized carbons (Fsp3) is 0.238. The number of fused-ring (bicyclic) bond motifs is 1. The Labute approximate surface area is 167 Å². The van der Waals surface area contributed by atoms with Gasteiger partial charge in [0.15, 0.2) is 5.82 Å². The van der Waals surface area contributed by atoms with Crippen molar-refractivity contribution in [3.8, 4) is 0 Å². The first-order valence-electron chi connectivity index (χ1n) is 9.33. The van der Waals surface area contributed by atoms with Crippen molar-refractivity contribution >= 4 is 22.4 Å². The number of nitrogens with one attached hydrogen (secondary N) is 1. The van der Waals surface area contributed by atoms with Crippen molar-refractivity contribution in [2.24, 2.45) is 0 Å². The Morgan fingerprint density at radius 2 is 2.21 bits per heavy atom. The van der Waals surface area contributed by atoms with E-state index < -0.39 is 0 Å². The van der Waals surface area contributed by atoms with Gasteiger partial charge in [-0.15, -0.1) is 16.4 Å². The van der Waals surface area contributed by atoms with Gasteiger partial charge in [0.05, 0.1) is 17.4 Å². The Kier molecular flexibility index (Phi) is 5.72. The van der Waals surface area contributed by atoms with Gasteiger partial charge >= 0.3 is 0 Å². The van der Waals surface area contributed by atoms with Crippen molar-refractivity contribution in [2.45, 2.75) is 32.2 Å². The van der Waals surface area contributed by atoms with Gasteiger partial charge in [-0.2, -0.15) is 0 Å². The fourth-order valence-corrected chi connectivity index (χ4v) is 3.92. The van der Waals surface area contributed by atoms with E-state index in [9.17, 15) is 0 Å². The highest BCUT2D eigenvalue weighted by Gasteiger charge is 2.18. The van der Waals surface area contributed by atoms with E-state index in [0.29, 0.717) is 0 Å². The van der Waals surface area contributed by atoms with Gasteiger partial charge in [0.2, 0.25) is 0 Å². The lowest BCUT2D eigenvalue weighted by molar-refractivity contribution is 0.551. The quantitative estimate of drug-likeness (QED) is 0.455. The minimum atomic E-state index is 0.0925. The summed E-state index contributed by atoms with van der Waals surface area (Å²) in [7, 11) is 0. The van der Waals surface area contributed by atoms with Crippen LogP contribution in [0.1, 0.15) is 29.1 Å². The highest BCUT2D eigenvalue weighted by molar-refractivity contribution is 7.09. The second-order valence-electron chi connectivity index (χ2n) is 6.56. The molecule has 3 heterocycles. The highest BCUT2D eigenvalue weighted by Crippen LogP contribution is 2.23. The maximum Gasteiger partial charge on any atom is 0.158 e. The first-order valence-corrected chi connectivity index (χ1v) is 10.2. The molecule has 0 saturated carbocycles. The van der Waals surface area contributed by atoms with Crippen molar-refractivity contribution < 1.29 is 0 Å². The molecule has 4 rings (SSSR count). The van der Waals surface area contributed by atoms with E-state index >= 15 is 0 Å². The number of thiophene rings is 1. The Balaban J connectivity index is 1.58. The van der Waals surface area contributed by atoms with Gasteiger partial charge in [0.25, 0.3) is 0 Å². The van der Waals surface area contributed by atoms with Crippen LogP contribution in [0.2, 0.25) is 0 Å². The van der Waals surface area contributed by atoms with E-state index in [1.54, 1.807) is 17.7 Å². The van der Waals surface area contributed by atoms with Gasteiger partial charge < -0.3 is 4.98 Å². The van der Waals surface area contributed by atoms with Crippen LogP contribution >= 0.6 is 11.3 Å². The first kappa shape index (κ1) is 18.3. The minimum absolute atomic E-state index is 0.0925. The van der Waals surface area contributed by atoms with E-state index in [-0.39, 0.29) is 5.92 Å². The average Bonchev–Trinajstić information content (AvgIpc) is 3.46. The summed E-state index contributed by atoms with van der Waals surface area (Å²) in [5.41, 5.74) is 3.25. The molecule has 0 radical (unpaired) electrons. The Morgan fingerprint density at radius 3 is 3.07 bits per heavy atom. The van der Waals surface area contributed by atoms with Gasteiger partial charge in [0.1, 0.15) is 0 Å². The molecule has 0 aliphatic carbocycles. The molecule has 28 heavy (non-hydrogen) atoms. The summed E-state index contributed by atoms with van der Waals surface area (Å²) in [4.78, 5) is 8.82. The van der Waals surface area contributed by atoms with Crippen LogP contribution in [0.5, 0.6) is 0 Å². The number of hydrogen-bond acceptors (Lipinski definition) is 5. The standard InChI is InChI=1S/C21H22N6S/c1-2-3-4-6-17(13-16-8-9-19-20(14-16)23-15-22-19)21-24-25-26-27(21)11-10-18-7-5-12-28-18/h2-9,12,14-15,17H,10-11,13H2,1H3,(H,22,23)/b3-2+,6-4+. The van der Waals surface area contributed by atoms with Crippen LogP contribution < -0.4 is 0 Å². The molecule has 4 aromatic rings. The molecule has 1 aromatic carbocycles. The third-order valence-electron chi connectivity index (χ3n) is 4.63. The summed E-state index contributed by atoms with van der Waals surface area (Å²) >= 11 is 1.77. The Hall–Kier alpha value is -3.06. The maximum absolute atomic E-state index is 4.35. The molecule has 1 atom stereocenters. The van der Waals surface area contributed by atoms with Gasteiger partial charge in [-0.3, -0.25) is 0 Å². The largest absolute Gasteiger partial charge is 0.345 e. The zero-order chi connectivity index (χ0) is 19.2. The third-order valence-corrected chi connectivity index (χ3v) is 5.56. The molecule has 6 nitrogen and oxygen atoms in total. The van der Waals surface area contributed by atoms with E-state index in [2.05, 4.69) is 67.3 Å². The molecular weight excluding hydrogens is 368 g/mol. The average molecular weight is 391 g/mol. The fourth-order valence-electron chi connectivity index (χ4n) is 3.23. The van der Waals surface area contributed by atoms with Crippen LogP contribution in [0.15, 0.2) is 66.3 Å². The number of hydrogen-bond donors (Lipinski definition) is 1. The van der Waals surface area contributed by atoms with Gasteiger partial charge in [0, 0.05) is 23.8 Å². The van der Waals surface area contributed by atoms with Crippen LogP contribution in [0.3, 0.4) is 0 Å². The number of aryl methyl sites for hydroxylation is 2. The smallest absolute Gasteiger partial charge is 0.158 e. The van der Waals surface area contributed by atoms with Crippen LogP contribution in [0, 0.1) is 0 Å².